The molecule has 2 aromatic rings. The second kappa shape index (κ2) is 10.5. The van der Waals surface area contributed by atoms with Crippen LogP contribution in [0.15, 0.2) is 54.2 Å². The average molecular weight is 495 g/mol. The Kier molecular flexibility index (Phi) is 7.37. The normalized spacial score (nSPS) is 20.0. The summed E-state index contributed by atoms with van der Waals surface area (Å²) in [5.74, 6) is -0.411. The molecule has 1 fully saturated rings. The maximum Gasteiger partial charge on any atom is 0.424 e. The van der Waals surface area contributed by atoms with Gasteiger partial charge in [-0.15, -0.1) is 0 Å². The maximum atomic E-state index is 13.5. The third-order valence-corrected chi connectivity index (χ3v) is 5.98. The van der Waals surface area contributed by atoms with Crippen LogP contribution in [0.4, 0.5) is 17.6 Å². The van der Waals surface area contributed by atoms with Gasteiger partial charge in [0.15, 0.2) is 17.1 Å². The molecule has 0 aromatic heterocycles. The minimum atomic E-state index is -4.85. The third kappa shape index (κ3) is 5.98. The first-order chi connectivity index (χ1) is 16.7. The summed E-state index contributed by atoms with van der Waals surface area (Å²) in [5, 5.41) is 0. The van der Waals surface area contributed by atoms with E-state index in [-0.39, 0.29) is 50.7 Å². The van der Waals surface area contributed by atoms with Crippen molar-refractivity contribution in [2.24, 2.45) is 5.92 Å². The summed E-state index contributed by atoms with van der Waals surface area (Å²) in [6, 6.07) is 11.2. The van der Waals surface area contributed by atoms with Crippen molar-refractivity contribution in [2.45, 2.75) is 25.4 Å². The number of alkyl halides is 3. The number of likely N-dealkylation sites (tertiary alicyclic amines) is 1. The van der Waals surface area contributed by atoms with Crippen LogP contribution < -0.4 is 14.2 Å². The number of ether oxygens (including phenoxy) is 4. The number of halogens is 4. The number of benzene rings is 2. The lowest BCUT2D eigenvalue weighted by molar-refractivity contribution is -0.150. The van der Waals surface area contributed by atoms with E-state index in [0.717, 1.165) is 11.8 Å². The molecule has 0 aliphatic carbocycles. The Balaban J connectivity index is 1.55. The summed E-state index contributed by atoms with van der Waals surface area (Å²) in [5.41, 5.74) is -0.481. The summed E-state index contributed by atoms with van der Waals surface area (Å²) >= 11 is 0. The van der Waals surface area contributed by atoms with Gasteiger partial charge in [0.25, 0.3) is 0 Å². The zero-order valence-corrected chi connectivity index (χ0v) is 19.0. The molecule has 0 unspecified atom stereocenters. The molecule has 2 atom stereocenters. The Morgan fingerprint density at radius 3 is 2.60 bits per heavy atom. The fraction of sp³-hybridized carbons (Fsp3) is 0.400. The van der Waals surface area contributed by atoms with Crippen molar-refractivity contribution in [1.82, 2.24) is 4.90 Å². The van der Waals surface area contributed by atoms with E-state index in [0.29, 0.717) is 23.7 Å². The molecule has 188 valence electrons. The lowest BCUT2D eigenvalue weighted by atomic mass is 9.81. The van der Waals surface area contributed by atoms with Gasteiger partial charge in [-0.2, -0.15) is 13.2 Å². The number of hydrogen-bond donors (Lipinski definition) is 0. The van der Waals surface area contributed by atoms with Crippen molar-refractivity contribution >= 4 is 5.97 Å². The van der Waals surface area contributed by atoms with Crippen molar-refractivity contribution in [2.75, 3.05) is 33.1 Å². The van der Waals surface area contributed by atoms with Gasteiger partial charge in [-0.1, -0.05) is 12.1 Å². The Morgan fingerprint density at radius 1 is 1.14 bits per heavy atom. The topological polar surface area (TPSA) is 57.2 Å². The first-order valence-corrected chi connectivity index (χ1v) is 11.2. The predicted octanol–water partition coefficient (Wildman–Crippen LogP) is 5.05. The highest BCUT2D eigenvalue weighted by Crippen LogP contribution is 2.38. The molecule has 2 heterocycles. The van der Waals surface area contributed by atoms with E-state index >= 15 is 0 Å². The van der Waals surface area contributed by atoms with E-state index in [4.69, 9.17) is 14.2 Å². The number of carbonyl (C=O) groups is 1. The van der Waals surface area contributed by atoms with E-state index in [9.17, 15) is 22.4 Å². The van der Waals surface area contributed by atoms with Gasteiger partial charge < -0.3 is 23.8 Å². The summed E-state index contributed by atoms with van der Waals surface area (Å²) in [6.45, 7) is 2.08. The molecule has 35 heavy (non-hydrogen) atoms. The first-order valence-electron chi connectivity index (χ1n) is 11.2. The smallest absolute Gasteiger partial charge is 0.424 e. The number of carbonyl (C=O) groups excluding carboxylic acids is 1. The Morgan fingerprint density at radius 2 is 1.89 bits per heavy atom. The minimum Gasteiger partial charge on any atom is -0.493 e. The molecule has 0 amide bonds. The van der Waals surface area contributed by atoms with Gasteiger partial charge >= 0.3 is 12.1 Å². The number of piperidine rings is 1. The van der Waals surface area contributed by atoms with Crippen LogP contribution in [-0.4, -0.2) is 50.1 Å². The molecule has 6 nitrogen and oxygen atoms in total. The first kappa shape index (κ1) is 24.7. The predicted molar refractivity (Wildman–Crippen MR) is 118 cm³/mol. The van der Waals surface area contributed by atoms with Gasteiger partial charge in [-0.25, -0.2) is 9.18 Å². The van der Waals surface area contributed by atoms with Crippen LogP contribution in [0.5, 0.6) is 17.2 Å². The lowest BCUT2D eigenvalue weighted by Crippen LogP contribution is -2.40. The van der Waals surface area contributed by atoms with Crippen molar-refractivity contribution in [3.63, 3.8) is 0 Å². The molecule has 0 bridgehead atoms. The molecule has 10 heteroatoms. The van der Waals surface area contributed by atoms with E-state index in [2.05, 4.69) is 4.74 Å². The second-order valence-corrected chi connectivity index (χ2v) is 8.29. The largest absolute Gasteiger partial charge is 0.493 e. The number of hydrogen-bond acceptors (Lipinski definition) is 6. The number of esters is 1. The maximum absolute atomic E-state index is 13.5. The molecule has 1 saturated heterocycles. The molecule has 4 rings (SSSR count). The molecule has 2 aromatic carbocycles. The molecule has 2 aliphatic heterocycles. The number of nitrogens with zero attached hydrogens (tertiary/aromatic N) is 1. The lowest BCUT2D eigenvalue weighted by Gasteiger charge is -2.38. The molecule has 0 spiro atoms. The quantitative estimate of drug-likeness (QED) is 0.305. The molecule has 0 radical (unpaired) electrons. The molecule has 0 saturated carbocycles. The van der Waals surface area contributed by atoms with Crippen LogP contribution in [0, 0.1) is 11.7 Å². The highest BCUT2D eigenvalue weighted by Gasteiger charge is 2.41. The van der Waals surface area contributed by atoms with Crippen LogP contribution in [0.1, 0.15) is 24.8 Å². The Hall–Kier alpha value is -3.43. The van der Waals surface area contributed by atoms with Crippen molar-refractivity contribution in [3.05, 3.63) is 65.6 Å². The second-order valence-electron chi connectivity index (χ2n) is 8.29. The SMILES string of the molecule is CCOC(=O)/C(=C/N1CC[C@@H](c2ccc(F)cc2)[C@H](COc2ccc3c(c2)OCO3)C1)C(F)(F)F. The van der Waals surface area contributed by atoms with Gasteiger partial charge in [0.1, 0.15) is 11.6 Å². The van der Waals surface area contributed by atoms with Crippen molar-refractivity contribution in [1.29, 1.82) is 0 Å². The zero-order valence-electron chi connectivity index (χ0n) is 19.0. The van der Waals surface area contributed by atoms with Gasteiger partial charge in [-0.3, -0.25) is 0 Å². The summed E-state index contributed by atoms with van der Waals surface area (Å²) in [6.07, 6.45) is -3.53. The van der Waals surface area contributed by atoms with Gasteiger partial charge in [0.2, 0.25) is 6.79 Å². The van der Waals surface area contributed by atoms with Crippen LogP contribution >= 0.6 is 0 Å². The number of rotatable bonds is 7. The van der Waals surface area contributed by atoms with Crippen molar-refractivity contribution < 1.29 is 41.3 Å². The molecule has 2 aliphatic rings. The van der Waals surface area contributed by atoms with Gasteiger partial charge in [0.05, 0.1) is 13.2 Å². The van der Waals surface area contributed by atoms with Crippen LogP contribution in [0.2, 0.25) is 0 Å². The monoisotopic (exact) mass is 495 g/mol. The summed E-state index contributed by atoms with van der Waals surface area (Å²) < 4.78 is 75.3. The summed E-state index contributed by atoms with van der Waals surface area (Å²) in [7, 11) is 0. The fourth-order valence-electron chi connectivity index (χ4n) is 4.30. The molecular formula is C25H25F4NO5. The fourth-order valence-corrected chi connectivity index (χ4v) is 4.30. The standard InChI is InChI=1S/C25H25F4NO5/c1-2-32-24(31)21(25(27,28)29)13-30-10-9-20(16-3-5-18(26)6-4-16)17(12-30)14-33-19-7-8-22-23(11-19)35-15-34-22/h3-8,11,13,17,20H,2,9-10,12,14-15H2,1H3/b21-13-/t17-,20-/m0/s1. The Bertz CT molecular complexity index is 1070. The molecule has 0 N–H and O–H groups in total. The highest BCUT2D eigenvalue weighted by molar-refractivity contribution is 5.89. The van der Waals surface area contributed by atoms with Gasteiger partial charge in [-0.05, 0) is 49.1 Å². The van der Waals surface area contributed by atoms with Crippen LogP contribution in [-0.2, 0) is 9.53 Å². The van der Waals surface area contributed by atoms with Crippen molar-refractivity contribution in [3.8, 4) is 17.2 Å². The van der Waals surface area contributed by atoms with Crippen LogP contribution in [0.25, 0.3) is 0 Å². The average Bonchev–Trinajstić information content (AvgIpc) is 3.29. The van der Waals surface area contributed by atoms with Crippen LogP contribution in [0.3, 0.4) is 0 Å². The molecular weight excluding hydrogens is 470 g/mol. The Labute approximate surface area is 200 Å². The zero-order chi connectivity index (χ0) is 25.0. The summed E-state index contributed by atoms with van der Waals surface area (Å²) in [4.78, 5) is 13.4. The highest BCUT2D eigenvalue weighted by atomic mass is 19.4. The number of fused-ring (bicyclic) bond motifs is 1. The van der Waals surface area contributed by atoms with E-state index in [1.165, 1.54) is 24.0 Å². The van der Waals surface area contributed by atoms with E-state index in [1.807, 2.05) is 0 Å². The minimum absolute atomic E-state index is 0.0776. The van der Waals surface area contributed by atoms with E-state index < -0.39 is 17.7 Å². The third-order valence-electron chi connectivity index (χ3n) is 5.98. The van der Waals surface area contributed by atoms with E-state index in [1.54, 1.807) is 30.3 Å². The van der Waals surface area contributed by atoms with Gasteiger partial charge in [0, 0.05) is 31.3 Å².